The van der Waals surface area contributed by atoms with Crippen molar-refractivity contribution in [3.8, 4) is 0 Å². The van der Waals surface area contributed by atoms with E-state index in [1.54, 1.807) is 0 Å². The van der Waals surface area contributed by atoms with Crippen molar-refractivity contribution in [2.45, 2.75) is 32.2 Å². The molecule has 10 heavy (non-hydrogen) atoms. The van der Waals surface area contributed by atoms with Gasteiger partial charge in [-0.05, 0) is 20.5 Å². The lowest BCUT2D eigenvalue weighted by Gasteiger charge is -2.16. The summed E-state index contributed by atoms with van der Waals surface area (Å²) in [5, 5.41) is 0. The molecule has 0 aliphatic carbocycles. The molecule has 1 radical (unpaired) electrons. The van der Waals surface area contributed by atoms with Gasteiger partial charge in [-0.25, -0.2) is 0 Å². The summed E-state index contributed by atoms with van der Waals surface area (Å²) in [6.07, 6.45) is 5.20. The third kappa shape index (κ3) is 3.62. The van der Waals surface area contributed by atoms with E-state index in [0.717, 1.165) is 19.3 Å². The van der Waals surface area contributed by atoms with Crippen LogP contribution in [0.3, 0.4) is 0 Å². The highest BCUT2D eigenvalue weighted by atomic mass is 16.1. The Kier molecular flexibility index (Phi) is 5.22. The molecule has 0 fully saturated rings. The average molecular weight is 142 g/mol. The SMILES string of the molecule is CCCCC([C]=O)N(C)C. The topological polar surface area (TPSA) is 20.3 Å². The van der Waals surface area contributed by atoms with Crippen molar-refractivity contribution in [1.82, 2.24) is 4.90 Å². The Bertz CT molecular complexity index is 91.3. The van der Waals surface area contributed by atoms with Crippen LogP contribution < -0.4 is 0 Å². The molecule has 0 heterocycles. The standard InChI is InChI=1S/C8H16NO/c1-4-5-6-8(7-10)9(2)3/h8H,4-6H2,1-3H3. The van der Waals surface area contributed by atoms with Crippen molar-refractivity contribution in [3.63, 3.8) is 0 Å². The molecule has 0 aromatic carbocycles. The predicted molar refractivity (Wildman–Crippen MR) is 42.7 cm³/mol. The van der Waals surface area contributed by atoms with Gasteiger partial charge in [0.25, 0.3) is 0 Å². The molecule has 0 amide bonds. The highest BCUT2D eigenvalue weighted by Gasteiger charge is 2.08. The van der Waals surface area contributed by atoms with Gasteiger partial charge < -0.3 is 0 Å². The quantitative estimate of drug-likeness (QED) is 0.575. The summed E-state index contributed by atoms with van der Waals surface area (Å²) in [4.78, 5) is 12.2. The van der Waals surface area contributed by atoms with Crippen LogP contribution in [0.4, 0.5) is 0 Å². The highest BCUT2D eigenvalue weighted by Crippen LogP contribution is 2.02. The lowest BCUT2D eigenvalue weighted by Crippen LogP contribution is -2.28. The zero-order chi connectivity index (χ0) is 7.98. The fraction of sp³-hybridized carbons (Fsp3) is 0.875. The Labute approximate surface area is 63.2 Å². The summed E-state index contributed by atoms with van der Waals surface area (Å²) < 4.78 is 0. The summed E-state index contributed by atoms with van der Waals surface area (Å²) in [5.41, 5.74) is 0. The van der Waals surface area contributed by atoms with Crippen LogP contribution in [0.25, 0.3) is 0 Å². The van der Waals surface area contributed by atoms with Gasteiger partial charge in [-0.3, -0.25) is 9.69 Å². The molecule has 0 bridgehead atoms. The smallest absolute Gasteiger partial charge is 0.217 e. The average Bonchev–Trinajstić information content (AvgIpc) is 1.89. The molecule has 0 aromatic heterocycles. The molecule has 0 aliphatic heterocycles. The van der Waals surface area contributed by atoms with Crippen molar-refractivity contribution in [3.05, 3.63) is 0 Å². The number of nitrogens with zero attached hydrogens (tertiary/aromatic N) is 1. The predicted octanol–water partition coefficient (Wildman–Crippen LogP) is 1.22. The zero-order valence-electron chi connectivity index (χ0n) is 7.05. The maximum absolute atomic E-state index is 10.3. The number of hydrogen-bond donors (Lipinski definition) is 0. The Morgan fingerprint density at radius 3 is 2.40 bits per heavy atom. The number of unbranched alkanes of at least 4 members (excludes halogenated alkanes) is 1. The van der Waals surface area contributed by atoms with Crippen molar-refractivity contribution < 1.29 is 4.79 Å². The molecular formula is C8H16NO. The summed E-state index contributed by atoms with van der Waals surface area (Å²) in [5.74, 6) is 0. The van der Waals surface area contributed by atoms with Crippen molar-refractivity contribution >= 4 is 6.29 Å². The van der Waals surface area contributed by atoms with Crippen LogP contribution in [0.2, 0.25) is 0 Å². The number of likely N-dealkylation sites (N-methyl/N-ethyl adjacent to an activating group) is 1. The fourth-order valence-electron chi connectivity index (χ4n) is 0.820. The fourth-order valence-corrected chi connectivity index (χ4v) is 0.820. The van der Waals surface area contributed by atoms with Gasteiger partial charge in [0.2, 0.25) is 6.29 Å². The molecule has 0 N–H and O–H groups in total. The molecule has 59 valence electrons. The van der Waals surface area contributed by atoms with E-state index in [1.807, 2.05) is 25.3 Å². The zero-order valence-corrected chi connectivity index (χ0v) is 7.05. The maximum Gasteiger partial charge on any atom is 0.217 e. The van der Waals surface area contributed by atoms with Gasteiger partial charge in [0.05, 0.1) is 6.04 Å². The van der Waals surface area contributed by atoms with E-state index < -0.39 is 0 Å². The van der Waals surface area contributed by atoms with E-state index in [2.05, 4.69) is 6.92 Å². The van der Waals surface area contributed by atoms with E-state index in [0.29, 0.717) is 0 Å². The second kappa shape index (κ2) is 5.42. The van der Waals surface area contributed by atoms with Gasteiger partial charge in [0.15, 0.2) is 0 Å². The third-order valence-corrected chi connectivity index (χ3v) is 1.59. The number of rotatable bonds is 5. The van der Waals surface area contributed by atoms with Gasteiger partial charge in [0.1, 0.15) is 0 Å². The molecule has 0 rings (SSSR count). The molecule has 0 saturated carbocycles. The first-order valence-electron chi connectivity index (χ1n) is 3.76. The van der Waals surface area contributed by atoms with Crippen LogP contribution in [-0.4, -0.2) is 31.3 Å². The van der Waals surface area contributed by atoms with Gasteiger partial charge in [0, 0.05) is 0 Å². The molecule has 2 heteroatoms. The van der Waals surface area contributed by atoms with Gasteiger partial charge in [-0.15, -0.1) is 0 Å². The minimum Gasteiger partial charge on any atom is -0.299 e. The minimum absolute atomic E-state index is 0.0000463. The van der Waals surface area contributed by atoms with Crippen LogP contribution in [0.1, 0.15) is 26.2 Å². The number of hydrogen-bond acceptors (Lipinski definition) is 2. The van der Waals surface area contributed by atoms with Crippen LogP contribution in [0, 0.1) is 0 Å². The Morgan fingerprint density at radius 1 is 1.50 bits per heavy atom. The second-order valence-corrected chi connectivity index (χ2v) is 2.74. The largest absolute Gasteiger partial charge is 0.299 e. The van der Waals surface area contributed by atoms with E-state index in [-0.39, 0.29) is 6.04 Å². The Morgan fingerprint density at radius 2 is 2.10 bits per heavy atom. The highest BCUT2D eigenvalue weighted by molar-refractivity contribution is 5.58. The first-order chi connectivity index (χ1) is 4.72. The van der Waals surface area contributed by atoms with Crippen LogP contribution in [0.5, 0.6) is 0 Å². The van der Waals surface area contributed by atoms with E-state index in [4.69, 9.17) is 0 Å². The lowest BCUT2D eigenvalue weighted by molar-refractivity contribution is 0.328. The summed E-state index contributed by atoms with van der Waals surface area (Å²) in [7, 11) is 3.82. The van der Waals surface area contributed by atoms with Gasteiger partial charge in [-0.1, -0.05) is 19.8 Å². The van der Waals surface area contributed by atoms with E-state index in [9.17, 15) is 4.79 Å². The van der Waals surface area contributed by atoms with Gasteiger partial charge >= 0.3 is 0 Å². The van der Waals surface area contributed by atoms with Crippen molar-refractivity contribution in [2.75, 3.05) is 14.1 Å². The number of carbonyl (C=O) groups excluding carboxylic acids is 1. The monoisotopic (exact) mass is 142 g/mol. The summed E-state index contributed by atoms with van der Waals surface area (Å²) in [6.45, 7) is 2.12. The van der Waals surface area contributed by atoms with Crippen molar-refractivity contribution in [1.29, 1.82) is 0 Å². The third-order valence-electron chi connectivity index (χ3n) is 1.59. The van der Waals surface area contributed by atoms with Crippen molar-refractivity contribution in [2.24, 2.45) is 0 Å². The Balaban J connectivity index is 3.50. The van der Waals surface area contributed by atoms with Gasteiger partial charge in [-0.2, -0.15) is 0 Å². The van der Waals surface area contributed by atoms with E-state index >= 15 is 0 Å². The maximum atomic E-state index is 10.3. The molecule has 2 nitrogen and oxygen atoms in total. The molecular weight excluding hydrogens is 126 g/mol. The van der Waals surface area contributed by atoms with Crippen LogP contribution in [-0.2, 0) is 4.79 Å². The summed E-state index contributed by atoms with van der Waals surface area (Å²) >= 11 is 0. The normalized spacial score (nSPS) is 13.6. The molecule has 0 aromatic rings. The first kappa shape index (κ1) is 9.63. The first-order valence-corrected chi connectivity index (χ1v) is 3.76. The Hall–Kier alpha value is -0.370. The van der Waals surface area contributed by atoms with Crippen LogP contribution in [0.15, 0.2) is 0 Å². The minimum atomic E-state index is -0.0000463. The molecule has 0 spiro atoms. The second-order valence-electron chi connectivity index (χ2n) is 2.74. The van der Waals surface area contributed by atoms with E-state index in [1.165, 1.54) is 0 Å². The molecule has 0 saturated heterocycles. The molecule has 1 atom stereocenters. The lowest BCUT2D eigenvalue weighted by atomic mass is 10.1. The summed E-state index contributed by atoms with van der Waals surface area (Å²) in [6, 6.07) is -0.0000463. The molecule has 0 aliphatic rings. The molecule has 1 unspecified atom stereocenters. The van der Waals surface area contributed by atoms with Crippen LogP contribution >= 0.6 is 0 Å².